The third kappa shape index (κ3) is 0.370. The fraction of sp³-hybridized carbons (Fsp3) is 0.200. The first-order chi connectivity index (χ1) is 2.84. The highest BCUT2D eigenvalue weighted by Crippen LogP contribution is 2.22. The second-order valence-electron chi connectivity index (χ2n) is 1.40. The minimum Gasteiger partial charge on any atom is -0.326 e. The van der Waals surface area contributed by atoms with Crippen LogP contribution in [0.1, 0.15) is 0 Å². The standard InChI is InChI=1S/C5H7N/c1-4-2-5(4)3-6/h2H,1,3,6H2. The summed E-state index contributed by atoms with van der Waals surface area (Å²) in [5, 5.41) is 0. The smallest absolute Gasteiger partial charge is 0.0184 e. The van der Waals surface area contributed by atoms with Crippen LogP contribution in [0.5, 0.6) is 0 Å². The Balaban J connectivity index is 2.42. The first-order valence-corrected chi connectivity index (χ1v) is 1.94. The van der Waals surface area contributed by atoms with E-state index in [1.54, 1.807) is 0 Å². The van der Waals surface area contributed by atoms with Crippen LogP contribution in [0.15, 0.2) is 23.8 Å². The molecular formula is C5H7N. The molecule has 0 spiro atoms. The van der Waals surface area contributed by atoms with Crippen LogP contribution in [0.3, 0.4) is 0 Å². The molecule has 0 aromatic carbocycles. The second-order valence-corrected chi connectivity index (χ2v) is 1.40. The van der Waals surface area contributed by atoms with Gasteiger partial charge in [-0.15, -0.1) is 0 Å². The van der Waals surface area contributed by atoms with Crippen molar-refractivity contribution in [2.24, 2.45) is 5.73 Å². The van der Waals surface area contributed by atoms with Gasteiger partial charge in [0.2, 0.25) is 0 Å². The quantitative estimate of drug-likeness (QED) is 0.487. The Morgan fingerprint density at radius 1 is 1.83 bits per heavy atom. The topological polar surface area (TPSA) is 26.0 Å². The lowest BCUT2D eigenvalue weighted by molar-refractivity contribution is 1.23. The van der Waals surface area contributed by atoms with Crippen LogP contribution in [0.25, 0.3) is 0 Å². The Labute approximate surface area is 37.2 Å². The number of allylic oxidation sites excluding steroid dienone is 1. The van der Waals surface area contributed by atoms with E-state index in [4.69, 9.17) is 5.73 Å². The van der Waals surface area contributed by atoms with Crippen molar-refractivity contribution in [3.8, 4) is 0 Å². The van der Waals surface area contributed by atoms with Crippen molar-refractivity contribution in [2.45, 2.75) is 0 Å². The molecular weight excluding hydrogens is 74.1 g/mol. The molecule has 0 aromatic heterocycles. The molecule has 0 amide bonds. The van der Waals surface area contributed by atoms with Gasteiger partial charge in [0.1, 0.15) is 0 Å². The number of hydrogen-bond donors (Lipinski definition) is 1. The van der Waals surface area contributed by atoms with Gasteiger partial charge < -0.3 is 5.73 Å². The van der Waals surface area contributed by atoms with E-state index in [1.165, 1.54) is 5.57 Å². The Morgan fingerprint density at radius 2 is 2.33 bits per heavy atom. The SMILES string of the molecule is C=C1C=C1CN. The van der Waals surface area contributed by atoms with Crippen molar-refractivity contribution >= 4 is 0 Å². The molecule has 0 fully saturated rings. The zero-order chi connectivity index (χ0) is 4.57. The van der Waals surface area contributed by atoms with Gasteiger partial charge in [-0.3, -0.25) is 0 Å². The van der Waals surface area contributed by atoms with Gasteiger partial charge in [0.05, 0.1) is 0 Å². The highest BCUT2D eigenvalue weighted by molar-refractivity contribution is 5.55. The van der Waals surface area contributed by atoms with Gasteiger partial charge >= 0.3 is 0 Å². The van der Waals surface area contributed by atoms with E-state index >= 15 is 0 Å². The van der Waals surface area contributed by atoms with Gasteiger partial charge in [-0.2, -0.15) is 0 Å². The summed E-state index contributed by atoms with van der Waals surface area (Å²) < 4.78 is 0. The maximum atomic E-state index is 5.20. The van der Waals surface area contributed by atoms with E-state index in [-0.39, 0.29) is 0 Å². The predicted octanol–water partition coefficient (Wildman–Crippen LogP) is 0.441. The Hall–Kier alpha value is -0.560. The Morgan fingerprint density at radius 3 is 2.33 bits per heavy atom. The third-order valence-corrected chi connectivity index (χ3v) is 0.897. The fourth-order valence-electron chi connectivity index (χ4n) is 0.364. The molecule has 0 unspecified atom stereocenters. The van der Waals surface area contributed by atoms with E-state index in [9.17, 15) is 0 Å². The van der Waals surface area contributed by atoms with Crippen LogP contribution in [0.4, 0.5) is 0 Å². The Kier molecular flexibility index (Phi) is 0.573. The normalized spacial score (nSPS) is 17.5. The van der Waals surface area contributed by atoms with Crippen molar-refractivity contribution < 1.29 is 0 Å². The molecule has 1 heteroatoms. The molecule has 1 rings (SSSR count). The van der Waals surface area contributed by atoms with E-state index in [0.717, 1.165) is 5.57 Å². The first-order valence-electron chi connectivity index (χ1n) is 1.94. The molecule has 0 radical (unpaired) electrons. The van der Waals surface area contributed by atoms with Crippen LogP contribution in [-0.2, 0) is 0 Å². The summed E-state index contributed by atoms with van der Waals surface area (Å²) in [6, 6.07) is 0. The van der Waals surface area contributed by atoms with Gasteiger partial charge in [-0.05, 0) is 11.1 Å². The van der Waals surface area contributed by atoms with Crippen molar-refractivity contribution in [1.29, 1.82) is 0 Å². The minimum absolute atomic E-state index is 0.666. The molecule has 0 aliphatic heterocycles. The van der Waals surface area contributed by atoms with E-state index in [0.29, 0.717) is 6.54 Å². The van der Waals surface area contributed by atoms with Gasteiger partial charge in [-0.1, -0.05) is 12.7 Å². The highest BCUT2D eigenvalue weighted by Gasteiger charge is 2.08. The summed E-state index contributed by atoms with van der Waals surface area (Å²) >= 11 is 0. The zero-order valence-electron chi connectivity index (χ0n) is 3.57. The van der Waals surface area contributed by atoms with E-state index in [2.05, 4.69) is 6.58 Å². The number of rotatable bonds is 1. The maximum absolute atomic E-state index is 5.20. The number of hydrogen-bond acceptors (Lipinski definition) is 1. The summed E-state index contributed by atoms with van der Waals surface area (Å²) in [7, 11) is 0. The summed E-state index contributed by atoms with van der Waals surface area (Å²) in [6.45, 7) is 4.31. The largest absolute Gasteiger partial charge is 0.326 e. The highest BCUT2D eigenvalue weighted by atomic mass is 14.5. The maximum Gasteiger partial charge on any atom is 0.0184 e. The van der Waals surface area contributed by atoms with Crippen molar-refractivity contribution in [1.82, 2.24) is 0 Å². The first kappa shape index (κ1) is 3.62. The molecule has 32 valence electrons. The van der Waals surface area contributed by atoms with Crippen LogP contribution in [0, 0.1) is 0 Å². The molecule has 1 aliphatic rings. The Bertz CT molecular complexity index is 111. The number of nitrogens with two attached hydrogens (primary N) is 1. The molecule has 0 saturated carbocycles. The molecule has 1 nitrogen and oxygen atoms in total. The third-order valence-electron chi connectivity index (χ3n) is 0.897. The fourth-order valence-corrected chi connectivity index (χ4v) is 0.364. The molecule has 0 heterocycles. The average Bonchev–Trinajstić information content (AvgIpc) is 2.19. The van der Waals surface area contributed by atoms with Crippen molar-refractivity contribution in [3.63, 3.8) is 0 Å². The lowest BCUT2D eigenvalue weighted by Gasteiger charge is -1.72. The zero-order valence-corrected chi connectivity index (χ0v) is 3.57. The van der Waals surface area contributed by atoms with Crippen molar-refractivity contribution in [2.75, 3.05) is 6.54 Å². The van der Waals surface area contributed by atoms with Gasteiger partial charge in [0, 0.05) is 6.54 Å². The van der Waals surface area contributed by atoms with E-state index in [1.807, 2.05) is 6.08 Å². The van der Waals surface area contributed by atoms with E-state index < -0.39 is 0 Å². The monoisotopic (exact) mass is 81.1 g/mol. The summed E-state index contributed by atoms with van der Waals surface area (Å²) in [6.07, 6.45) is 1.99. The van der Waals surface area contributed by atoms with Crippen molar-refractivity contribution in [3.05, 3.63) is 23.8 Å². The predicted molar refractivity (Wildman–Crippen MR) is 26.3 cm³/mol. The van der Waals surface area contributed by atoms with Crippen LogP contribution < -0.4 is 5.73 Å². The van der Waals surface area contributed by atoms with Crippen LogP contribution >= 0.6 is 0 Å². The summed E-state index contributed by atoms with van der Waals surface area (Å²) in [5.41, 5.74) is 7.54. The van der Waals surface area contributed by atoms with Gasteiger partial charge in [0.15, 0.2) is 0 Å². The molecule has 0 saturated heterocycles. The summed E-state index contributed by atoms with van der Waals surface area (Å²) in [5.74, 6) is 0. The minimum atomic E-state index is 0.666. The molecule has 0 aromatic rings. The summed E-state index contributed by atoms with van der Waals surface area (Å²) in [4.78, 5) is 0. The molecule has 2 N–H and O–H groups in total. The molecule has 1 aliphatic carbocycles. The lowest BCUT2D eigenvalue weighted by Crippen LogP contribution is -1.94. The molecule has 0 atom stereocenters. The second kappa shape index (κ2) is 0.949. The van der Waals surface area contributed by atoms with Gasteiger partial charge in [0.25, 0.3) is 0 Å². The lowest BCUT2D eigenvalue weighted by atomic mass is 10.4. The molecule has 0 bridgehead atoms. The molecule has 6 heavy (non-hydrogen) atoms. The average molecular weight is 81.1 g/mol. The van der Waals surface area contributed by atoms with Gasteiger partial charge in [-0.25, -0.2) is 0 Å². The van der Waals surface area contributed by atoms with Crippen LogP contribution in [0.2, 0.25) is 0 Å². The van der Waals surface area contributed by atoms with Crippen LogP contribution in [-0.4, -0.2) is 6.54 Å².